The zero-order chi connectivity index (χ0) is 19.2. The first-order valence-electron chi connectivity index (χ1n) is 7.80. The highest BCUT2D eigenvalue weighted by Crippen LogP contribution is 2.20. The fourth-order valence-electron chi connectivity index (χ4n) is 2.24. The summed E-state index contributed by atoms with van der Waals surface area (Å²) < 4.78 is 22.5. The number of halogens is 3. The first-order valence-corrected chi connectivity index (χ1v) is 10.1. The number of aliphatic imine (C=N–C) groups is 1. The van der Waals surface area contributed by atoms with Crippen molar-refractivity contribution in [2.75, 3.05) is 13.6 Å². The van der Waals surface area contributed by atoms with Crippen LogP contribution >= 0.6 is 47.2 Å². The van der Waals surface area contributed by atoms with Crippen LogP contribution in [0.1, 0.15) is 11.1 Å². The molecule has 0 bridgehead atoms. The third-order valence-corrected chi connectivity index (χ3v) is 5.16. The third-order valence-electron chi connectivity index (χ3n) is 3.64. The van der Waals surface area contributed by atoms with Crippen LogP contribution in [0.3, 0.4) is 0 Å². The largest absolute Gasteiger partial charge is 0.356 e. The molecule has 0 radical (unpaired) electrons. The van der Waals surface area contributed by atoms with Gasteiger partial charge in [0.25, 0.3) is 0 Å². The van der Waals surface area contributed by atoms with E-state index < -0.39 is 10.0 Å². The molecule has 6 nitrogen and oxygen atoms in total. The van der Waals surface area contributed by atoms with Crippen LogP contribution in [0.2, 0.25) is 10.0 Å². The van der Waals surface area contributed by atoms with Crippen LogP contribution in [0.5, 0.6) is 0 Å². The molecule has 0 saturated heterocycles. The van der Waals surface area contributed by atoms with E-state index in [0.717, 1.165) is 11.1 Å². The number of nitrogens with zero attached hydrogens (tertiary/aromatic N) is 1. The fourth-order valence-corrected chi connectivity index (χ4v) is 3.23. The molecule has 0 aromatic heterocycles. The van der Waals surface area contributed by atoms with Crippen molar-refractivity contribution in [3.05, 3.63) is 63.6 Å². The number of rotatable bonds is 6. The molecule has 0 heterocycles. The molecule has 148 valence electrons. The summed E-state index contributed by atoms with van der Waals surface area (Å²) in [6.07, 6.45) is 0.702. The molecule has 2 aromatic carbocycles. The Morgan fingerprint density at radius 3 is 2.33 bits per heavy atom. The molecule has 0 spiro atoms. The molecule has 27 heavy (non-hydrogen) atoms. The maximum Gasteiger partial charge on any atom is 0.238 e. The van der Waals surface area contributed by atoms with Gasteiger partial charge in [0.2, 0.25) is 10.0 Å². The van der Waals surface area contributed by atoms with E-state index in [1.54, 1.807) is 31.3 Å². The van der Waals surface area contributed by atoms with Crippen LogP contribution in [0.4, 0.5) is 0 Å². The van der Waals surface area contributed by atoms with Crippen LogP contribution < -0.4 is 15.8 Å². The van der Waals surface area contributed by atoms with Gasteiger partial charge in [-0.3, -0.25) is 4.99 Å². The van der Waals surface area contributed by atoms with E-state index in [1.165, 1.54) is 12.1 Å². The van der Waals surface area contributed by atoms with Gasteiger partial charge in [-0.1, -0.05) is 41.4 Å². The Balaban J connectivity index is 0.00000364. The summed E-state index contributed by atoms with van der Waals surface area (Å²) in [5.74, 6) is 0.636. The predicted molar refractivity (Wildman–Crippen MR) is 122 cm³/mol. The standard InChI is InChI=1S/C17H20Cl2N4O2S.HI/c1-21-17(23-11-13-4-5-14(18)10-16(13)19)22-9-8-12-2-6-15(7-3-12)26(20,24)25;/h2-7,10H,8-9,11H2,1H3,(H2,20,24,25)(H2,21,22,23);1H. The number of nitrogens with one attached hydrogen (secondary N) is 2. The topological polar surface area (TPSA) is 96.6 Å². The van der Waals surface area contributed by atoms with Gasteiger partial charge in [-0.25, -0.2) is 13.6 Å². The van der Waals surface area contributed by atoms with Gasteiger partial charge in [0.1, 0.15) is 0 Å². The average molecular weight is 543 g/mol. The average Bonchev–Trinajstić information content (AvgIpc) is 2.59. The Bertz CT molecular complexity index is 890. The lowest BCUT2D eigenvalue weighted by Gasteiger charge is -2.13. The van der Waals surface area contributed by atoms with Crippen LogP contribution in [0.25, 0.3) is 0 Å². The van der Waals surface area contributed by atoms with Crippen molar-refractivity contribution in [1.29, 1.82) is 0 Å². The highest BCUT2D eigenvalue weighted by atomic mass is 127. The molecular formula is C17H21Cl2IN4O2S. The minimum absolute atomic E-state index is 0. The van der Waals surface area contributed by atoms with E-state index in [4.69, 9.17) is 28.3 Å². The zero-order valence-corrected chi connectivity index (χ0v) is 19.2. The molecule has 0 fully saturated rings. The maximum atomic E-state index is 11.2. The van der Waals surface area contributed by atoms with Gasteiger partial charge < -0.3 is 10.6 Å². The second-order valence-electron chi connectivity index (χ2n) is 5.53. The molecule has 4 N–H and O–H groups in total. The van der Waals surface area contributed by atoms with Crippen molar-refractivity contribution in [2.45, 2.75) is 17.9 Å². The normalized spacial score (nSPS) is 11.6. The summed E-state index contributed by atoms with van der Waals surface area (Å²) in [5.41, 5.74) is 1.90. The van der Waals surface area contributed by atoms with Gasteiger partial charge in [-0.05, 0) is 41.8 Å². The molecule has 2 rings (SSSR count). The van der Waals surface area contributed by atoms with Crippen LogP contribution in [0, 0.1) is 0 Å². The van der Waals surface area contributed by atoms with Gasteiger partial charge in [-0.15, -0.1) is 24.0 Å². The summed E-state index contributed by atoms with van der Waals surface area (Å²) >= 11 is 12.0. The molecule has 0 unspecified atom stereocenters. The minimum atomic E-state index is -3.66. The second kappa shape index (κ2) is 11.1. The minimum Gasteiger partial charge on any atom is -0.356 e. The van der Waals surface area contributed by atoms with Crippen LogP contribution in [-0.4, -0.2) is 28.0 Å². The van der Waals surface area contributed by atoms with E-state index in [2.05, 4.69) is 15.6 Å². The molecule has 2 aromatic rings. The van der Waals surface area contributed by atoms with E-state index in [0.29, 0.717) is 35.5 Å². The van der Waals surface area contributed by atoms with Gasteiger partial charge in [0.15, 0.2) is 5.96 Å². The predicted octanol–water partition coefficient (Wildman–Crippen LogP) is 3.17. The first-order chi connectivity index (χ1) is 12.3. The van der Waals surface area contributed by atoms with Crippen molar-refractivity contribution in [2.24, 2.45) is 10.1 Å². The lowest BCUT2D eigenvalue weighted by molar-refractivity contribution is 0.598. The molecule has 0 atom stereocenters. The van der Waals surface area contributed by atoms with Crippen molar-refractivity contribution in [3.63, 3.8) is 0 Å². The van der Waals surface area contributed by atoms with Crippen molar-refractivity contribution in [1.82, 2.24) is 10.6 Å². The summed E-state index contributed by atoms with van der Waals surface area (Å²) in [4.78, 5) is 4.26. The Labute approximate surface area is 186 Å². The number of benzene rings is 2. The van der Waals surface area contributed by atoms with E-state index in [1.807, 2.05) is 6.07 Å². The van der Waals surface area contributed by atoms with E-state index in [-0.39, 0.29) is 28.9 Å². The number of nitrogens with two attached hydrogens (primary N) is 1. The highest BCUT2D eigenvalue weighted by molar-refractivity contribution is 14.0. The number of hydrogen-bond donors (Lipinski definition) is 3. The van der Waals surface area contributed by atoms with Gasteiger partial charge in [-0.2, -0.15) is 0 Å². The summed E-state index contributed by atoms with van der Waals surface area (Å²) in [5, 5.41) is 12.6. The SMILES string of the molecule is CN=C(NCCc1ccc(S(N)(=O)=O)cc1)NCc1ccc(Cl)cc1Cl.I. The molecule has 0 saturated carbocycles. The highest BCUT2D eigenvalue weighted by Gasteiger charge is 2.07. The smallest absolute Gasteiger partial charge is 0.238 e. The summed E-state index contributed by atoms with van der Waals surface area (Å²) in [7, 11) is -1.98. The number of sulfonamides is 1. The fraction of sp³-hybridized carbons (Fsp3) is 0.235. The Hall–Kier alpha value is -1.07. The van der Waals surface area contributed by atoms with E-state index >= 15 is 0 Å². The van der Waals surface area contributed by atoms with Gasteiger partial charge in [0.05, 0.1) is 4.90 Å². The third kappa shape index (κ3) is 7.82. The lowest BCUT2D eigenvalue weighted by atomic mass is 10.1. The summed E-state index contributed by atoms with van der Waals surface area (Å²) in [6, 6.07) is 11.8. The van der Waals surface area contributed by atoms with Gasteiger partial charge >= 0.3 is 0 Å². The van der Waals surface area contributed by atoms with Crippen molar-refractivity contribution in [3.8, 4) is 0 Å². The molecule has 0 aliphatic rings. The first kappa shape index (κ1) is 24.0. The Kier molecular flexibility index (Phi) is 9.82. The van der Waals surface area contributed by atoms with Gasteiger partial charge in [0, 0.05) is 30.2 Å². The van der Waals surface area contributed by atoms with E-state index in [9.17, 15) is 8.42 Å². The molecular weight excluding hydrogens is 522 g/mol. The van der Waals surface area contributed by atoms with Crippen molar-refractivity contribution < 1.29 is 8.42 Å². The Morgan fingerprint density at radius 2 is 1.78 bits per heavy atom. The number of primary sulfonamides is 1. The number of guanidine groups is 1. The second-order valence-corrected chi connectivity index (χ2v) is 7.93. The zero-order valence-electron chi connectivity index (χ0n) is 14.6. The summed E-state index contributed by atoms with van der Waals surface area (Å²) in [6.45, 7) is 1.14. The van der Waals surface area contributed by atoms with Crippen LogP contribution in [-0.2, 0) is 23.0 Å². The quantitative estimate of drug-likeness (QED) is 0.297. The molecule has 10 heteroatoms. The number of hydrogen-bond acceptors (Lipinski definition) is 3. The monoisotopic (exact) mass is 542 g/mol. The molecule has 0 amide bonds. The van der Waals surface area contributed by atoms with Crippen LogP contribution in [0.15, 0.2) is 52.4 Å². The maximum absolute atomic E-state index is 11.2. The Morgan fingerprint density at radius 1 is 1.11 bits per heavy atom. The molecule has 0 aliphatic heterocycles. The molecule has 0 aliphatic carbocycles. The lowest BCUT2D eigenvalue weighted by Crippen LogP contribution is -2.37. The van der Waals surface area contributed by atoms with Crippen molar-refractivity contribution >= 4 is 63.2 Å².